The Morgan fingerprint density at radius 2 is 1.92 bits per heavy atom. The van der Waals surface area contributed by atoms with Gasteiger partial charge in [-0.15, -0.1) is 0 Å². The fourth-order valence-electron chi connectivity index (χ4n) is 3.60. The summed E-state index contributed by atoms with van der Waals surface area (Å²) in [4.78, 5) is 38.3. The molecule has 1 aliphatic heterocycles. The molecule has 3 heterocycles. The zero-order valence-electron chi connectivity index (χ0n) is 20.4. The predicted octanol–water partition coefficient (Wildman–Crippen LogP) is 4.19. The maximum absolute atomic E-state index is 12.8. The molecule has 1 atom stereocenters. The molecular formula is C25H25F3N6O3S. The van der Waals surface area contributed by atoms with Crippen LogP contribution in [0.4, 0.5) is 24.1 Å². The molecule has 0 saturated carbocycles. The minimum absolute atomic E-state index is 0.121. The van der Waals surface area contributed by atoms with Crippen LogP contribution in [0.5, 0.6) is 0 Å². The third-order valence-corrected chi connectivity index (χ3v) is 6.69. The van der Waals surface area contributed by atoms with Crippen molar-refractivity contribution in [1.82, 2.24) is 19.9 Å². The number of carbonyl (C=O) groups excluding carboxylic acids is 2. The molecule has 4 rings (SSSR count). The molecule has 0 bridgehead atoms. The van der Waals surface area contributed by atoms with Gasteiger partial charge in [0.05, 0.1) is 43.4 Å². The molecular weight excluding hydrogens is 521 g/mol. The molecule has 9 nitrogen and oxygen atoms in total. The quantitative estimate of drug-likeness (QED) is 0.408. The zero-order chi connectivity index (χ0) is 27.1. The lowest BCUT2D eigenvalue weighted by molar-refractivity contribution is -0.134. The van der Waals surface area contributed by atoms with Gasteiger partial charge < -0.3 is 15.4 Å². The number of hydrogen-bond donors (Lipinski definition) is 2. The van der Waals surface area contributed by atoms with Gasteiger partial charge in [0, 0.05) is 31.3 Å². The molecule has 1 aliphatic rings. The molecule has 13 heteroatoms. The first-order valence-corrected chi connectivity index (χ1v) is 12.5. The smallest absolute Gasteiger partial charge is 0.379 e. The van der Waals surface area contributed by atoms with Crippen LogP contribution in [0.2, 0.25) is 0 Å². The summed E-state index contributed by atoms with van der Waals surface area (Å²) in [5.41, 5.74) is 1.85. The molecule has 1 saturated heterocycles. The molecule has 2 aromatic heterocycles. The molecule has 3 aromatic rings. The summed E-state index contributed by atoms with van der Waals surface area (Å²) in [6, 6.07) is 7.03. The number of carbonyl (C=O) groups is 2. The maximum Gasteiger partial charge on any atom is 0.427 e. The minimum Gasteiger partial charge on any atom is -0.379 e. The van der Waals surface area contributed by atoms with Crippen LogP contribution in [-0.2, 0) is 20.5 Å². The van der Waals surface area contributed by atoms with Crippen molar-refractivity contribution >= 4 is 34.1 Å². The first kappa shape index (κ1) is 27.4. The lowest BCUT2D eigenvalue weighted by Gasteiger charge is -2.24. The van der Waals surface area contributed by atoms with Crippen molar-refractivity contribution in [3.8, 4) is 11.3 Å². The Morgan fingerprint density at radius 1 is 1.13 bits per heavy atom. The van der Waals surface area contributed by atoms with Gasteiger partial charge in [-0.2, -0.15) is 13.2 Å². The van der Waals surface area contributed by atoms with Gasteiger partial charge in [-0.1, -0.05) is 35.6 Å². The van der Waals surface area contributed by atoms with Gasteiger partial charge in [-0.3, -0.25) is 19.5 Å². The number of morpholine rings is 1. The standard InChI is InChI=1S/C25H25F3N6O3S/c1-16(23(36)33-24-31-14-20(38-24)25(26,27)28)17-4-2-5-18(12-17)19-13-30-21(15-29-19)32-22(35)6-3-7-34-8-10-37-11-9-34/h2-6,12-16H,7-11H2,1H3,(H,30,32,35)(H,31,33,36)/b6-3+. The Bertz CT molecular complexity index is 1290. The topological polar surface area (TPSA) is 109 Å². The Hall–Kier alpha value is -3.68. The van der Waals surface area contributed by atoms with Crippen LogP contribution < -0.4 is 10.6 Å². The lowest BCUT2D eigenvalue weighted by Crippen LogP contribution is -2.36. The van der Waals surface area contributed by atoms with E-state index in [0.717, 1.165) is 13.1 Å². The second kappa shape index (κ2) is 12.2. The van der Waals surface area contributed by atoms with E-state index in [1.165, 1.54) is 18.5 Å². The summed E-state index contributed by atoms with van der Waals surface area (Å²) in [7, 11) is 0. The van der Waals surface area contributed by atoms with Crippen molar-refractivity contribution in [2.75, 3.05) is 43.5 Å². The van der Waals surface area contributed by atoms with Crippen molar-refractivity contribution in [3.05, 3.63) is 65.4 Å². The van der Waals surface area contributed by atoms with Crippen molar-refractivity contribution in [2.45, 2.75) is 19.0 Å². The molecule has 2 N–H and O–H groups in total. The first-order valence-electron chi connectivity index (χ1n) is 11.7. The second-order valence-corrected chi connectivity index (χ2v) is 9.49. The van der Waals surface area contributed by atoms with Gasteiger partial charge in [-0.05, 0) is 18.6 Å². The largest absolute Gasteiger partial charge is 0.427 e. The number of alkyl halides is 3. The molecule has 1 aromatic carbocycles. The van der Waals surface area contributed by atoms with Crippen molar-refractivity contribution < 1.29 is 27.5 Å². The number of amides is 2. The molecule has 0 radical (unpaired) electrons. The van der Waals surface area contributed by atoms with Crippen molar-refractivity contribution in [3.63, 3.8) is 0 Å². The Labute approximate surface area is 220 Å². The summed E-state index contributed by atoms with van der Waals surface area (Å²) in [6.07, 6.45) is 2.36. The van der Waals surface area contributed by atoms with Crippen LogP contribution in [0.1, 0.15) is 23.3 Å². The van der Waals surface area contributed by atoms with E-state index in [-0.39, 0.29) is 11.0 Å². The van der Waals surface area contributed by atoms with Crippen LogP contribution in [0, 0.1) is 0 Å². The van der Waals surface area contributed by atoms with E-state index in [2.05, 4.69) is 30.5 Å². The number of rotatable bonds is 8. The van der Waals surface area contributed by atoms with Gasteiger partial charge in [0.15, 0.2) is 10.9 Å². The summed E-state index contributed by atoms with van der Waals surface area (Å²) in [5, 5.41) is 4.98. The molecule has 1 unspecified atom stereocenters. The van der Waals surface area contributed by atoms with Gasteiger partial charge >= 0.3 is 6.18 Å². The van der Waals surface area contributed by atoms with Gasteiger partial charge in [0.2, 0.25) is 11.8 Å². The average Bonchev–Trinajstić information content (AvgIpc) is 3.38. The first-order chi connectivity index (χ1) is 18.2. The maximum atomic E-state index is 12.8. The van der Waals surface area contributed by atoms with E-state index in [0.29, 0.717) is 59.9 Å². The molecule has 1 fully saturated rings. The number of aromatic nitrogens is 3. The SMILES string of the molecule is CC(C(=O)Nc1ncc(C(F)(F)F)s1)c1cccc(-c2cnc(NC(=O)/C=C/CN3CCOCC3)cn2)c1. The van der Waals surface area contributed by atoms with Gasteiger partial charge in [0.25, 0.3) is 0 Å². The third kappa shape index (κ3) is 7.43. The Balaban J connectivity index is 1.34. The third-order valence-electron chi connectivity index (χ3n) is 5.73. The highest BCUT2D eigenvalue weighted by molar-refractivity contribution is 7.15. The highest BCUT2D eigenvalue weighted by Gasteiger charge is 2.33. The lowest BCUT2D eigenvalue weighted by atomic mass is 9.97. The fourth-order valence-corrected chi connectivity index (χ4v) is 4.28. The van der Waals surface area contributed by atoms with E-state index in [4.69, 9.17) is 4.74 Å². The van der Waals surface area contributed by atoms with E-state index in [1.807, 2.05) is 0 Å². The zero-order valence-corrected chi connectivity index (χ0v) is 21.2. The number of nitrogens with one attached hydrogen (secondary N) is 2. The second-order valence-electron chi connectivity index (χ2n) is 8.46. The number of halogens is 3. The van der Waals surface area contributed by atoms with E-state index < -0.39 is 22.9 Å². The van der Waals surface area contributed by atoms with Crippen molar-refractivity contribution in [2.24, 2.45) is 0 Å². The monoisotopic (exact) mass is 546 g/mol. The Morgan fingerprint density at radius 3 is 2.61 bits per heavy atom. The number of benzene rings is 1. The van der Waals surface area contributed by atoms with Crippen LogP contribution >= 0.6 is 11.3 Å². The van der Waals surface area contributed by atoms with E-state index in [9.17, 15) is 22.8 Å². The van der Waals surface area contributed by atoms with Gasteiger partial charge in [0.1, 0.15) is 4.88 Å². The normalized spacial score (nSPS) is 15.4. The number of nitrogens with zero attached hydrogens (tertiary/aromatic N) is 4. The molecule has 38 heavy (non-hydrogen) atoms. The fraction of sp³-hybridized carbons (Fsp3) is 0.320. The molecule has 0 spiro atoms. The number of anilines is 2. The van der Waals surface area contributed by atoms with E-state index in [1.54, 1.807) is 37.3 Å². The Kier molecular flexibility index (Phi) is 8.81. The predicted molar refractivity (Wildman–Crippen MR) is 137 cm³/mol. The summed E-state index contributed by atoms with van der Waals surface area (Å²) in [5.74, 6) is -1.18. The highest BCUT2D eigenvalue weighted by atomic mass is 32.1. The van der Waals surface area contributed by atoms with Crippen LogP contribution in [-0.4, -0.2) is 64.5 Å². The number of ether oxygens (including phenoxy) is 1. The van der Waals surface area contributed by atoms with Crippen molar-refractivity contribution in [1.29, 1.82) is 0 Å². The average molecular weight is 547 g/mol. The molecule has 0 aliphatic carbocycles. The summed E-state index contributed by atoms with van der Waals surface area (Å²) in [6.45, 7) is 5.35. The minimum atomic E-state index is -4.51. The van der Waals surface area contributed by atoms with Crippen LogP contribution in [0.3, 0.4) is 0 Å². The highest BCUT2D eigenvalue weighted by Crippen LogP contribution is 2.35. The molecule has 200 valence electrons. The summed E-state index contributed by atoms with van der Waals surface area (Å²) < 4.78 is 43.7. The molecule has 2 amide bonds. The summed E-state index contributed by atoms with van der Waals surface area (Å²) >= 11 is 0.370. The van der Waals surface area contributed by atoms with Gasteiger partial charge in [-0.25, -0.2) is 9.97 Å². The van der Waals surface area contributed by atoms with Crippen LogP contribution in [0.15, 0.2) is 55.0 Å². The number of thiazole rings is 1. The van der Waals surface area contributed by atoms with Crippen LogP contribution in [0.25, 0.3) is 11.3 Å². The number of hydrogen-bond acceptors (Lipinski definition) is 8. The van der Waals surface area contributed by atoms with E-state index >= 15 is 0 Å².